The van der Waals surface area contributed by atoms with Crippen LogP contribution in [0, 0.1) is 11.6 Å². The van der Waals surface area contributed by atoms with Crippen LogP contribution in [0.1, 0.15) is 50.5 Å². The molecule has 1 atom stereocenters. The van der Waals surface area contributed by atoms with E-state index < -0.39 is 11.6 Å². The van der Waals surface area contributed by atoms with Gasteiger partial charge < -0.3 is 11.1 Å². The lowest BCUT2D eigenvalue weighted by molar-refractivity contribution is -0.122. The Bertz CT molecular complexity index is 533. The number of nitrogens with one attached hydrogen (secondary N) is 1. The molecular formula is C19H29F2N3O. The average molecular weight is 353 g/mol. The van der Waals surface area contributed by atoms with Crippen LogP contribution in [0.4, 0.5) is 8.78 Å². The molecule has 1 aliphatic rings. The van der Waals surface area contributed by atoms with Crippen LogP contribution in [-0.2, 0) is 11.3 Å². The van der Waals surface area contributed by atoms with Crippen LogP contribution in [0.5, 0.6) is 0 Å². The molecule has 1 fully saturated rings. The van der Waals surface area contributed by atoms with E-state index in [0.717, 1.165) is 45.1 Å². The third-order valence-corrected chi connectivity index (χ3v) is 4.67. The number of nitrogens with two attached hydrogens (primary N) is 1. The van der Waals surface area contributed by atoms with E-state index in [4.69, 9.17) is 5.73 Å². The maximum Gasteiger partial charge on any atom is 0.220 e. The second kappa shape index (κ2) is 10.5. The van der Waals surface area contributed by atoms with Gasteiger partial charge in [0.05, 0.1) is 0 Å². The van der Waals surface area contributed by atoms with Crippen molar-refractivity contribution in [1.29, 1.82) is 0 Å². The van der Waals surface area contributed by atoms with Crippen molar-refractivity contribution < 1.29 is 13.6 Å². The van der Waals surface area contributed by atoms with Crippen LogP contribution in [0.25, 0.3) is 0 Å². The Hall–Kier alpha value is -1.53. The van der Waals surface area contributed by atoms with E-state index >= 15 is 0 Å². The Kier molecular flexibility index (Phi) is 8.28. The van der Waals surface area contributed by atoms with E-state index in [1.165, 1.54) is 18.2 Å². The minimum absolute atomic E-state index is 0.0557. The number of hydrogen-bond donors (Lipinski definition) is 2. The molecule has 1 aromatic carbocycles. The van der Waals surface area contributed by atoms with Crippen molar-refractivity contribution in [2.24, 2.45) is 5.73 Å². The summed E-state index contributed by atoms with van der Waals surface area (Å²) in [5, 5.41) is 3.06. The molecule has 3 N–H and O–H groups in total. The lowest BCUT2D eigenvalue weighted by atomic mass is 10.0. The van der Waals surface area contributed by atoms with Crippen LogP contribution in [0.2, 0.25) is 0 Å². The van der Waals surface area contributed by atoms with Crippen LogP contribution >= 0.6 is 0 Å². The fourth-order valence-corrected chi connectivity index (χ4v) is 3.31. The van der Waals surface area contributed by atoms with Gasteiger partial charge in [0.1, 0.15) is 11.6 Å². The quantitative estimate of drug-likeness (QED) is 0.671. The number of halogens is 2. The fourth-order valence-electron chi connectivity index (χ4n) is 3.31. The van der Waals surface area contributed by atoms with Gasteiger partial charge in [-0.15, -0.1) is 0 Å². The summed E-state index contributed by atoms with van der Waals surface area (Å²) in [6, 6.07) is 4.00. The summed E-state index contributed by atoms with van der Waals surface area (Å²) in [4.78, 5) is 14.1. The van der Waals surface area contributed by atoms with Gasteiger partial charge in [0.2, 0.25) is 5.91 Å². The fraction of sp³-hybridized carbons (Fsp3) is 0.632. The van der Waals surface area contributed by atoms with Crippen molar-refractivity contribution in [2.45, 2.75) is 57.5 Å². The van der Waals surface area contributed by atoms with Gasteiger partial charge in [-0.2, -0.15) is 0 Å². The topological polar surface area (TPSA) is 58.4 Å². The van der Waals surface area contributed by atoms with Crippen molar-refractivity contribution in [1.82, 2.24) is 10.2 Å². The minimum Gasteiger partial charge on any atom is -0.352 e. The Morgan fingerprint density at radius 2 is 1.92 bits per heavy atom. The van der Waals surface area contributed by atoms with Gasteiger partial charge >= 0.3 is 0 Å². The lowest BCUT2D eigenvalue weighted by Crippen LogP contribution is -2.47. The summed E-state index contributed by atoms with van der Waals surface area (Å²) >= 11 is 0. The zero-order chi connectivity index (χ0) is 18.1. The predicted octanol–water partition coefficient (Wildman–Crippen LogP) is 2.95. The number of nitrogens with zero attached hydrogens (tertiary/aromatic N) is 1. The minimum atomic E-state index is -0.511. The Labute approximate surface area is 148 Å². The smallest absolute Gasteiger partial charge is 0.220 e. The zero-order valence-electron chi connectivity index (χ0n) is 14.8. The maximum atomic E-state index is 13.8. The van der Waals surface area contributed by atoms with Crippen molar-refractivity contribution in [2.75, 3.05) is 19.6 Å². The third kappa shape index (κ3) is 6.71. The molecule has 1 unspecified atom stereocenters. The summed E-state index contributed by atoms with van der Waals surface area (Å²) in [6.07, 6.45) is 6.33. The van der Waals surface area contributed by atoms with E-state index in [1.807, 2.05) is 4.90 Å². The van der Waals surface area contributed by atoms with Crippen molar-refractivity contribution in [3.05, 3.63) is 35.4 Å². The normalized spacial score (nSPS) is 18.3. The summed E-state index contributed by atoms with van der Waals surface area (Å²) in [6.45, 7) is 2.36. The molecule has 140 valence electrons. The molecule has 0 spiro atoms. The summed E-state index contributed by atoms with van der Waals surface area (Å²) in [5.41, 5.74) is 5.56. The van der Waals surface area contributed by atoms with Gasteiger partial charge in [0, 0.05) is 31.1 Å². The first-order valence-corrected chi connectivity index (χ1v) is 9.25. The molecule has 1 aromatic rings. The van der Waals surface area contributed by atoms with Gasteiger partial charge in [0.25, 0.3) is 0 Å². The maximum absolute atomic E-state index is 13.8. The highest BCUT2D eigenvalue weighted by Crippen LogP contribution is 2.18. The molecular weight excluding hydrogens is 324 g/mol. The van der Waals surface area contributed by atoms with E-state index in [-0.39, 0.29) is 24.1 Å². The first-order chi connectivity index (χ1) is 12.1. The number of carbonyl (C=O) groups excluding carboxylic acids is 1. The SMILES string of the molecule is NCCCCCCC(=O)NC1CCCN(Cc2c(F)cccc2F)C1. The second-order valence-electron chi connectivity index (χ2n) is 6.79. The summed E-state index contributed by atoms with van der Waals surface area (Å²) in [5.74, 6) is -0.955. The number of piperidine rings is 1. The highest BCUT2D eigenvalue weighted by Gasteiger charge is 2.23. The Morgan fingerprint density at radius 3 is 2.64 bits per heavy atom. The number of carbonyl (C=O) groups is 1. The monoisotopic (exact) mass is 353 g/mol. The number of hydrogen-bond acceptors (Lipinski definition) is 3. The number of likely N-dealkylation sites (tertiary alicyclic amines) is 1. The molecule has 6 heteroatoms. The first kappa shape index (κ1) is 19.8. The molecule has 0 aromatic heterocycles. The molecule has 1 heterocycles. The molecule has 0 bridgehead atoms. The van der Waals surface area contributed by atoms with Gasteiger partial charge in [-0.3, -0.25) is 9.69 Å². The van der Waals surface area contributed by atoms with Crippen molar-refractivity contribution >= 4 is 5.91 Å². The third-order valence-electron chi connectivity index (χ3n) is 4.67. The lowest BCUT2D eigenvalue weighted by Gasteiger charge is -2.33. The molecule has 0 radical (unpaired) electrons. The molecule has 1 saturated heterocycles. The van der Waals surface area contributed by atoms with Crippen LogP contribution < -0.4 is 11.1 Å². The molecule has 1 aliphatic heterocycles. The first-order valence-electron chi connectivity index (χ1n) is 9.25. The predicted molar refractivity (Wildman–Crippen MR) is 94.9 cm³/mol. The van der Waals surface area contributed by atoms with E-state index in [2.05, 4.69) is 5.32 Å². The van der Waals surface area contributed by atoms with Gasteiger partial charge in [-0.25, -0.2) is 8.78 Å². The average Bonchev–Trinajstić information content (AvgIpc) is 2.58. The number of benzene rings is 1. The number of rotatable bonds is 9. The standard InChI is InChI=1S/C19H29F2N3O/c20-17-8-5-9-18(21)16(17)14-24-12-6-7-15(13-24)23-19(25)10-3-1-2-4-11-22/h5,8-9,15H,1-4,6-7,10-14,22H2,(H,23,25). The molecule has 2 rings (SSSR count). The number of amides is 1. The van der Waals surface area contributed by atoms with Crippen LogP contribution in [-0.4, -0.2) is 36.5 Å². The van der Waals surface area contributed by atoms with Gasteiger partial charge in [-0.1, -0.05) is 18.9 Å². The Balaban J connectivity index is 1.76. The van der Waals surface area contributed by atoms with Gasteiger partial charge in [-0.05, 0) is 50.9 Å². The molecule has 25 heavy (non-hydrogen) atoms. The van der Waals surface area contributed by atoms with Crippen molar-refractivity contribution in [3.8, 4) is 0 Å². The second-order valence-corrected chi connectivity index (χ2v) is 6.79. The highest BCUT2D eigenvalue weighted by molar-refractivity contribution is 5.76. The van der Waals surface area contributed by atoms with Crippen LogP contribution in [0.3, 0.4) is 0 Å². The van der Waals surface area contributed by atoms with Gasteiger partial charge in [0.15, 0.2) is 0 Å². The molecule has 1 amide bonds. The zero-order valence-corrected chi connectivity index (χ0v) is 14.8. The Morgan fingerprint density at radius 1 is 1.20 bits per heavy atom. The van der Waals surface area contributed by atoms with E-state index in [1.54, 1.807) is 0 Å². The van der Waals surface area contributed by atoms with Crippen LogP contribution in [0.15, 0.2) is 18.2 Å². The summed E-state index contributed by atoms with van der Waals surface area (Å²) < 4.78 is 27.6. The summed E-state index contributed by atoms with van der Waals surface area (Å²) in [7, 11) is 0. The molecule has 0 saturated carbocycles. The highest BCUT2D eigenvalue weighted by atomic mass is 19.1. The van der Waals surface area contributed by atoms with E-state index in [0.29, 0.717) is 19.5 Å². The van der Waals surface area contributed by atoms with E-state index in [9.17, 15) is 13.6 Å². The van der Waals surface area contributed by atoms with Crippen molar-refractivity contribution in [3.63, 3.8) is 0 Å². The largest absolute Gasteiger partial charge is 0.352 e. The number of unbranched alkanes of at least 4 members (excludes halogenated alkanes) is 3. The molecule has 0 aliphatic carbocycles. The molecule has 4 nitrogen and oxygen atoms in total.